The highest BCUT2D eigenvalue weighted by Gasteiger charge is 2.85. The van der Waals surface area contributed by atoms with Crippen molar-refractivity contribution in [2.75, 3.05) is 52.6 Å². The van der Waals surface area contributed by atoms with Crippen molar-refractivity contribution in [3.8, 4) is 0 Å². The fraction of sp³-hybridized carbons (Fsp3) is 1.00. The van der Waals surface area contributed by atoms with Crippen LogP contribution in [0, 0.1) is 57.2 Å². The molecule has 3 saturated heterocycles. The second-order valence-electron chi connectivity index (χ2n) is 20.3. The Morgan fingerprint density at radius 2 is 1.65 bits per heavy atom. The van der Waals surface area contributed by atoms with Crippen LogP contribution in [0.4, 0.5) is 0 Å². The zero-order valence-corrected chi connectivity index (χ0v) is 33.2. The van der Waals surface area contributed by atoms with Gasteiger partial charge in [-0.15, -0.1) is 0 Å². The molecular weight excluding hydrogens is 656 g/mol. The fourth-order valence-corrected chi connectivity index (χ4v) is 15.5. The van der Waals surface area contributed by atoms with Gasteiger partial charge in [-0.1, -0.05) is 42.0 Å². The number of fused-ring (bicyclic) bond motifs is 4. The van der Waals surface area contributed by atoms with Crippen molar-refractivity contribution < 1.29 is 34.3 Å². The van der Waals surface area contributed by atoms with Crippen molar-refractivity contribution in [2.24, 2.45) is 57.2 Å². The maximum absolute atomic E-state index is 11.1. The lowest BCUT2D eigenvalue weighted by molar-refractivity contribution is -0.251. The second-order valence-corrected chi connectivity index (χ2v) is 20.3. The summed E-state index contributed by atoms with van der Waals surface area (Å²) >= 11 is 0. The average molecular weight is 733 g/mol. The zero-order chi connectivity index (χ0) is 36.3. The molecule has 0 aromatic heterocycles. The van der Waals surface area contributed by atoms with Crippen LogP contribution in [0.15, 0.2) is 0 Å². The molecule has 0 bridgehead atoms. The number of morpholine rings is 1. The third kappa shape index (κ3) is 5.69. The largest absolute Gasteiger partial charge is 0.395 e. The normalized spacial score (nSPS) is 48.0. The van der Waals surface area contributed by atoms with E-state index in [9.17, 15) is 15.3 Å². The molecule has 0 aromatic rings. The van der Waals surface area contributed by atoms with E-state index < -0.39 is 5.60 Å². The molecular formula is C43H76N2O7. The first-order valence-corrected chi connectivity index (χ1v) is 21.1. The number of hydrogen-bond donors (Lipinski definition) is 3. The molecule has 14 atom stereocenters. The number of rotatable bonds is 10. The van der Waals surface area contributed by atoms with Crippen LogP contribution in [0.25, 0.3) is 0 Å². The quantitative estimate of drug-likeness (QED) is 0.266. The van der Waals surface area contributed by atoms with E-state index in [2.05, 4.69) is 44.4 Å². The molecule has 8 fully saturated rings. The van der Waals surface area contributed by atoms with E-state index in [0.717, 1.165) is 50.9 Å². The van der Waals surface area contributed by atoms with Crippen LogP contribution in [-0.2, 0) is 18.9 Å². The third-order valence-corrected chi connectivity index (χ3v) is 17.7. The van der Waals surface area contributed by atoms with Gasteiger partial charge in [0.1, 0.15) is 6.10 Å². The van der Waals surface area contributed by atoms with Gasteiger partial charge in [0.05, 0.1) is 49.8 Å². The Morgan fingerprint density at radius 3 is 2.33 bits per heavy atom. The monoisotopic (exact) mass is 733 g/mol. The van der Waals surface area contributed by atoms with Crippen molar-refractivity contribution in [2.45, 2.75) is 163 Å². The summed E-state index contributed by atoms with van der Waals surface area (Å²) in [5, 5.41) is 30.3. The summed E-state index contributed by atoms with van der Waals surface area (Å²) in [5.74, 6) is 4.09. The van der Waals surface area contributed by atoms with E-state index >= 15 is 0 Å². The molecule has 300 valence electrons. The molecule has 8 rings (SSSR count). The minimum Gasteiger partial charge on any atom is -0.395 e. The lowest BCUT2D eigenvalue weighted by Gasteiger charge is -2.60. The van der Waals surface area contributed by atoms with Gasteiger partial charge in [0.25, 0.3) is 0 Å². The zero-order valence-electron chi connectivity index (χ0n) is 33.2. The Hall–Kier alpha value is -0.360. The van der Waals surface area contributed by atoms with Gasteiger partial charge in [-0.3, -0.25) is 9.80 Å². The van der Waals surface area contributed by atoms with Crippen LogP contribution >= 0.6 is 0 Å². The Morgan fingerprint density at radius 1 is 0.923 bits per heavy atom. The first kappa shape index (κ1) is 39.9. The van der Waals surface area contributed by atoms with E-state index in [1.807, 2.05) is 20.8 Å². The molecule has 52 heavy (non-hydrogen) atoms. The van der Waals surface area contributed by atoms with Gasteiger partial charge >= 0.3 is 0 Å². The van der Waals surface area contributed by atoms with Crippen LogP contribution in [0.1, 0.15) is 114 Å². The van der Waals surface area contributed by atoms with Crippen LogP contribution < -0.4 is 0 Å². The van der Waals surface area contributed by atoms with Crippen LogP contribution in [-0.4, -0.2) is 126 Å². The van der Waals surface area contributed by atoms with Crippen molar-refractivity contribution in [1.82, 2.24) is 9.80 Å². The Labute approximate surface area is 315 Å². The van der Waals surface area contributed by atoms with Gasteiger partial charge in [-0.05, 0) is 129 Å². The minimum atomic E-state index is -0.928. The molecule has 0 amide bonds. The standard InChI is InChI=1S/C42H72N2O7.CH4/c1-9-48-37(39(6,7)47)32-18-25(2)36-31(50-32)19-30-29-10-11-33-38(4,5)34(12-13-42(33)26(3)41(29,42)15-14-40(30,36)8)51-35-22-43(16-17-49-35)27-20-44(21-27)28(23-45)24-46;/h25-37,45-47H,9-24H2,1-8H3;1H4/t25-,26+,29?,30?,31?,32?,33+,34+,35?,36?,37+,40+,41+,42?;/m1./s1. The molecule has 0 aromatic carbocycles. The highest BCUT2D eigenvalue weighted by atomic mass is 16.7. The molecule has 5 aliphatic carbocycles. The number of aliphatic hydroxyl groups is 3. The summed E-state index contributed by atoms with van der Waals surface area (Å²) in [4.78, 5) is 4.71. The molecule has 3 aliphatic heterocycles. The number of aliphatic hydroxyl groups excluding tert-OH is 2. The predicted octanol–water partition coefficient (Wildman–Crippen LogP) is 5.58. The van der Waals surface area contributed by atoms with Gasteiger partial charge in [0.15, 0.2) is 6.29 Å². The molecule has 2 spiro atoms. The molecule has 8 aliphatic rings. The fourth-order valence-electron chi connectivity index (χ4n) is 15.5. The number of likely N-dealkylation sites (tertiary alicyclic amines) is 1. The summed E-state index contributed by atoms with van der Waals surface area (Å²) in [5.41, 5.74) is 0.369. The van der Waals surface area contributed by atoms with Gasteiger partial charge in [0, 0.05) is 38.8 Å². The number of ether oxygens (including phenoxy) is 4. The highest BCUT2D eigenvalue weighted by Crippen LogP contribution is 2.89. The molecule has 0 radical (unpaired) electrons. The van der Waals surface area contributed by atoms with Gasteiger partial charge < -0.3 is 34.3 Å². The van der Waals surface area contributed by atoms with E-state index in [1.54, 1.807) is 0 Å². The smallest absolute Gasteiger partial charge is 0.170 e. The first-order chi connectivity index (χ1) is 24.2. The van der Waals surface area contributed by atoms with Crippen molar-refractivity contribution in [3.63, 3.8) is 0 Å². The average Bonchev–Trinajstić information content (AvgIpc) is 3.42. The summed E-state index contributed by atoms with van der Waals surface area (Å²) in [7, 11) is 0. The van der Waals surface area contributed by atoms with Crippen molar-refractivity contribution in [1.29, 1.82) is 0 Å². The topological polar surface area (TPSA) is 104 Å². The second kappa shape index (κ2) is 13.9. The Balaban J connectivity index is 0.00000420. The van der Waals surface area contributed by atoms with Gasteiger partial charge in [-0.25, -0.2) is 0 Å². The third-order valence-electron chi connectivity index (χ3n) is 17.7. The summed E-state index contributed by atoms with van der Waals surface area (Å²) in [6.45, 7) is 23.4. The number of hydrogen-bond acceptors (Lipinski definition) is 9. The van der Waals surface area contributed by atoms with E-state index in [4.69, 9.17) is 18.9 Å². The Kier molecular flexibility index (Phi) is 10.7. The molecule has 9 heteroatoms. The van der Waals surface area contributed by atoms with Crippen LogP contribution in [0.2, 0.25) is 0 Å². The molecule has 3 heterocycles. The molecule has 3 N–H and O–H groups in total. The molecule has 5 saturated carbocycles. The maximum Gasteiger partial charge on any atom is 0.170 e. The number of nitrogens with zero attached hydrogens (tertiary/aromatic N) is 2. The summed E-state index contributed by atoms with van der Waals surface area (Å²) in [6.07, 6.45) is 9.84. The van der Waals surface area contributed by atoms with E-state index in [1.165, 1.54) is 38.5 Å². The SMILES string of the molecule is C.CCO[C@@H](C1C[C@@H](C)C2C(CC3C4CC[C@H]5C(C)(C)[C@@H](OC6CN(C7CN(C(CO)CO)C7)CCO6)CCC56[C@@H](C)[C@@]46CC[C@@]32C)O1)C(C)(C)O. The maximum atomic E-state index is 11.1. The lowest BCUT2D eigenvalue weighted by atomic mass is 9.46. The summed E-state index contributed by atoms with van der Waals surface area (Å²) in [6, 6.07) is 0.291. The van der Waals surface area contributed by atoms with E-state index in [0.29, 0.717) is 59.2 Å². The van der Waals surface area contributed by atoms with E-state index in [-0.39, 0.29) is 62.8 Å². The highest BCUT2D eigenvalue weighted by molar-refractivity contribution is 5.32. The lowest BCUT2D eigenvalue weighted by Crippen LogP contribution is -2.66. The Bertz CT molecular complexity index is 1270. The first-order valence-electron chi connectivity index (χ1n) is 21.1. The van der Waals surface area contributed by atoms with Gasteiger partial charge in [-0.2, -0.15) is 0 Å². The van der Waals surface area contributed by atoms with Crippen molar-refractivity contribution >= 4 is 0 Å². The molecule has 9 nitrogen and oxygen atoms in total. The predicted molar refractivity (Wildman–Crippen MR) is 203 cm³/mol. The summed E-state index contributed by atoms with van der Waals surface area (Å²) < 4.78 is 26.6. The van der Waals surface area contributed by atoms with Crippen molar-refractivity contribution in [3.05, 3.63) is 0 Å². The minimum absolute atomic E-state index is 0. The molecule has 7 unspecified atom stereocenters. The van der Waals surface area contributed by atoms with Crippen LogP contribution in [0.3, 0.4) is 0 Å². The van der Waals surface area contributed by atoms with Gasteiger partial charge in [0.2, 0.25) is 0 Å². The van der Waals surface area contributed by atoms with Crippen LogP contribution in [0.5, 0.6) is 0 Å².